The zero-order valence-corrected chi connectivity index (χ0v) is 19.2. The Bertz CT molecular complexity index is 1500. The summed E-state index contributed by atoms with van der Waals surface area (Å²) >= 11 is 6.03. The minimum absolute atomic E-state index is 0.0800. The average Bonchev–Trinajstić information content (AvgIpc) is 3.18. The standard InChI is InChI=1S/C24H22ClN5O4/c1-2-28-21-20(22(32)29(24(28)33)11-4-12-31)30(15-16-7-9-18(25)10-8-16)23(27-21)34-19-6-3-5-17(13-19)14-26/h3,5-10,13,31H,2,4,11-12,15H2,1H3. The van der Waals surface area contributed by atoms with E-state index in [0.29, 0.717) is 16.3 Å². The molecule has 0 saturated heterocycles. The third kappa shape index (κ3) is 4.46. The fourth-order valence-corrected chi connectivity index (χ4v) is 3.84. The molecule has 0 aliphatic carbocycles. The van der Waals surface area contributed by atoms with Crippen LogP contribution < -0.4 is 16.0 Å². The molecule has 2 aromatic carbocycles. The molecule has 0 amide bonds. The summed E-state index contributed by atoms with van der Waals surface area (Å²) in [6.07, 6.45) is 0.264. The summed E-state index contributed by atoms with van der Waals surface area (Å²) in [5.41, 5.74) is 0.659. The van der Waals surface area contributed by atoms with Gasteiger partial charge in [-0.25, -0.2) is 4.79 Å². The molecule has 1 N–H and O–H groups in total. The van der Waals surface area contributed by atoms with E-state index >= 15 is 0 Å². The first-order valence-electron chi connectivity index (χ1n) is 10.7. The minimum atomic E-state index is -0.514. The molecule has 2 aromatic heterocycles. The molecule has 0 aliphatic rings. The maximum Gasteiger partial charge on any atom is 0.332 e. The monoisotopic (exact) mass is 479 g/mol. The SMILES string of the molecule is CCn1c(=O)n(CCCO)c(=O)c2c1nc(Oc1cccc(C#N)c1)n2Cc1ccc(Cl)cc1. The van der Waals surface area contributed by atoms with Crippen LogP contribution in [-0.2, 0) is 19.6 Å². The van der Waals surface area contributed by atoms with Crippen molar-refractivity contribution in [3.8, 4) is 17.8 Å². The molecular formula is C24H22ClN5O4. The van der Waals surface area contributed by atoms with Crippen molar-refractivity contribution in [2.45, 2.75) is 33.0 Å². The van der Waals surface area contributed by atoms with Crippen molar-refractivity contribution in [2.24, 2.45) is 0 Å². The van der Waals surface area contributed by atoms with E-state index in [1.165, 1.54) is 4.57 Å². The normalized spacial score (nSPS) is 11.0. The molecule has 34 heavy (non-hydrogen) atoms. The summed E-state index contributed by atoms with van der Waals surface area (Å²) in [6, 6.07) is 15.9. The van der Waals surface area contributed by atoms with Crippen LogP contribution in [0.15, 0.2) is 58.1 Å². The summed E-state index contributed by atoms with van der Waals surface area (Å²) in [5, 5.41) is 19.0. The summed E-state index contributed by atoms with van der Waals surface area (Å²) in [7, 11) is 0. The summed E-state index contributed by atoms with van der Waals surface area (Å²) in [4.78, 5) is 31.0. The van der Waals surface area contributed by atoms with E-state index in [4.69, 9.17) is 16.3 Å². The lowest BCUT2D eigenvalue weighted by Gasteiger charge is -2.12. The number of fused-ring (bicyclic) bond motifs is 1. The molecule has 0 spiro atoms. The fraction of sp³-hybridized carbons (Fsp3) is 0.250. The molecule has 4 aromatic rings. The topological polar surface area (TPSA) is 115 Å². The largest absolute Gasteiger partial charge is 0.425 e. The van der Waals surface area contributed by atoms with Gasteiger partial charge < -0.3 is 9.84 Å². The second kappa shape index (κ2) is 9.95. The highest BCUT2D eigenvalue weighted by molar-refractivity contribution is 6.30. The third-order valence-corrected chi connectivity index (χ3v) is 5.61. The number of aliphatic hydroxyl groups is 1. The van der Waals surface area contributed by atoms with Gasteiger partial charge in [-0.15, -0.1) is 0 Å². The number of nitriles is 1. The van der Waals surface area contributed by atoms with E-state index in [0.717, 1.165) is 10.1 Å². The quantitative estimate of drug-likeness (QED) is 0.415. The highest BCUT2D eigenvalue weighted by Gasteiger charge is 2.22. The van der Waals surface area contributed by atoms with Crippen LogP contribution in [0.5, 0.6) is 11.8 Å². The second-order valence-electron chi connectivity index (χ2n) is 7.58. The first kappa shape index (κ1) is 23.3. The van der Waals surface area contributed by atoms with Gasteiger partial charge in [-0.1, -0.05) is 29.8 Å². The Balaban J connectivity index is 1.96. The van der Waals surface area contributed by atoms with Crippen LogP contribution in [0, 0.1) is 11.3 Å². The van der Waals surface area contributed by atoms with Gasteiger partial charge in [0.05, 0.1) is 18.2 Å². The predicted molar refractivity (Wildman–Crippen MR) is 127 cm³/mol. The van der Waals surface area contributed by atoms with Crippen molar-refractivity contribution in [2.75, 3.05) is 6.61 Å². The Morgan fingerprint density at radius 2 is 1.88 bits per heavy atom. The lowest BCUT2D eigenvalue weighted by molar-refractivity contribution is 0.277. The Morgan fingerprint density at radius 3 is 2.56 bits per heavy atom. The summed E-state index contributed by atoms with van der Waals surface area (Å²) in [5.74, 6) is 0.373. The number of imidazole rings is 1. The number of aryl methyl sites for hydroxylation is 1. The zero-order valence-electron chi connectivity index (χ0n) is 18.4. The highest BCUT2D eigenvalue weighted by atomic mass is 35.5. The number of aliphatic hydroxyl groups excluding tert-OH is 1. The fourth-order valence-electron chi connectivity index (χ4n) is 3.71. The number of nitrogens with zero attached hydrogens (tertiary/aromatic N) is 5. The molecule has 0 unspecified atom stereocenters. The number of hydrogen-bond donors (Lipinski definition) is 1. The van der Waals surface area contributed by atoms with Crippen molar-refractivity contribution in [3.63, 3.8) is 0 Å². The number of hydrogen-bond acceptors (Lipinski definition) is 6. The first-order chi connectivity index (χ1) is 16.5. The van der Waals surface area contributed by atoms with Gasteiger partial charge in [-0.2, -0.15) is 10.2 Å². The van der Waals surface area contributed by atoms with Crippen LogP contribution in [0.25, 0.3) is 11.2 Å². The van der Waals surface area contributed by atoms with E-state index in [2.05, 4.69) is 11.1 Å². The van der Waals surface area contributed by atoms with Crippen LogP contribution >= 0.6 is 11.6 Å². The van der Waals surface area contributed by atoms with Gasteiger partial charge >= 0.3 is 11.7 Å². The first-order valence-corrected chi connectivity index (χ1v) is 11.1. The molecule has 174 valence electrons. The molecule has 0 radical (unpaired) electrons. The van der Waals surface area contributed by atoms with Crippen LogP contribution in [0.1, 0.15) is 24.5 Å². The van der Waals surface area contributed by atoms with Crippen molar-refractivity contribution < 1.29 is 9.84 Å². The van der Waals surface area contributed by atoms with E-state index < -0.39 is 11.2 Å². The highest BCUT2D eigenvalue weighted by Crippen LogP contribution is 2.26. The van der Waals surface area contributed by atoms with Crippen molar-refractivity contribution in [1.29, 1.82) is 5.26 Å². The second-order valence-corrected chi connectivity index (χ2v) is 8.02. The van der Waals surface area contributed by atoms with Gasteiger partial charge in [0, 0.05) is 24.7 Å². The predicted octanol–water partition coefficient (Wildman–Crippen LogP) is 3.13. The summed E-state index contributed by atoms with van der Waals surface area (Å²) < 4.78 is 10.2. The lowest BCUT2D eigenvalue weighted by Crippen LogP contribution is -2.40. The number of ether oxygens (including phenoxy) is 1. The van der Waals surface area contributed by atoms with Gasteiger partial charge in [0.1, 0.15) is 5.75 Å². The third-order valence-electron chi connectivity index (χ3n) is 5.36. The van der Waals surface area contributed by atoms with E-state index in [9.17, 15) is 20.0 Å². The maximum atomic E-state index is 13.4. The molecule has 4 rings (SSSR count). The Labute approximate surface area is 199 Å². The lowest BCUT2D eigenvalue weighted by atomic mass is 10.2. The number of benzene rings is 2. The van der Waals surface area contributed by atoms with Crippen LogP contribution in [0.4, 0.5) is 0 Å². The molecule has 0 atom stereocenters. The van der Waals surface area contributed by atoms with Gasteiger partial charge in [-0.3, -0.25) is 18.5 Å². The van der Waals surface area contributed by atoms with Crippen molar-refractivity contribution in [1.82, 2.24) is 18.7 Å². The van der Waals surface area contributed by atoms with Gasteiger partial charge in [0.2, 0.25) is 0 Å². The Hall–Kier alpha value is -3.87. The van der Waals surface area contributed by atoms with Crippen LogP contribution in [0.3, 0.4) is 0 Å². The van der Waals surface area contributed by atoms with E-state index in [1.807, 2.05) is 12.1 Å². The number of rotatable bonds is 8. The molecule has 0 bridgehead atoms. The van der Waals surface area contributed by atoms with E-state index in [-0.39, 0.29) is 49.8 Å². The molecular weight excluding hydrogens is 458 g/mol. The smallest absolute Gasteiger partial charge is 0.332 e. The molecule has 10 heteroatoms. The maximum absolute atomic E-state index is 13.4. The van der Waals surface area contributed by atoms with Crippen LogP contribution in [0.2, 0.25) is 5.02 Å². The van der Waals surface area contributed by atoms with Gasteiger partial charge in [-0.05, 0) is 49.2 Å². The number of halogens is 1. The zero-order chi connectivity index (χ0) is 24.2. The molecule has 0 aliphatic heterocycles. The van der Waals surface area contributed by atoms with Gasteiger partial charge in [0.15, 0.2) is 11.2 Å². The average molecular weight is 480 g/mol. The molecule has 0 fully saturated rings. The minimum Gasteiger partial charge on any atom is -0.425 e. The van der Waals surface area contributed by atoms with Crippen molar-refractivity contribution >= 4 is 22.8 Å². The van der Waals surface area contributed by atoms with Gasteiger partial charge in [0.25, 0.3) is 5.56 Å². The number of aromatic nitrogens is 4. The Kier molecular flexibility index (Phi) is 6.82. The van der Waals surface area contributed by atoms with Crippen LogP contribution in [-0.4, -0.2) is 30.4 Å². The molecule has 0 saturated carbocycles. The molecule has 9 nitrogen and oxygen atoms in total. The summed E-state index contributed by atoms with van der Waals surface area (Å²) in [6.45, 7) is 2.24. The van der Waals surface area contributed by atoms with E-state index in [1.54, 1.807) is 47.9 Å². The molecule has 2 heterocycles. The Morgan fingerprint density at radius 1 is 1.12 bits per heavy atom. The van der Waals surface area contributed by atoms with Crippen molar-refractivity contribution in [3.05, 3.63) is 85.5 Å².